The summed E-state index contributed by atoms with van der Waals surface area (Å²) < 4.78 is 0. The third kappa shape index (κ3) is 4.86. The lowest BCUT2D eigenvalue weighted by Gasteiger charge is -2.20. The molecule has 1 unspecified atom stereocenters. The minimum absolute atomic E-state index is 0.175. The van der Waals surface area contributed by atoms with Gasteiger partial charge in [-0.15, -0.1) is 0 Å². The molecule has 0 saturated heterocycles. The summed E-state index contributed by atoms with van der Waals surface area (Å²) in [5, 5.41) is 11.7. The molecule has 0 spiro atoms. The van der Waals surface area contributed by atoms with Gasteiger partial charge in [0.15, 0.2) is 0 Å². The van der Waals surface area contributed by atoms with Gasteiger partial charge >= 0.3 is 5.97 Å². The van der Waals surface area contributed by atoms with Crippen molar-refractivity contribution in [3.8, 4) is 0 Å². The van der Waals surface area contributed by atoms with Gasteiger partial charge in [-0.3, -0.25) is 9.59 Å². The zero-order valence-corrected chi connectivity index (χ0v) is 12.9. The van der Waals surface area contributed by atoms with Crippen molar-refractivity contribution in [2.45, 2.75) is 33.2 Å². The Hall–Kier alpha value is -1.88. The highest BCUT2D eigenvalue weighted by atomic mass is 35.5. The van der Waals surface area contributed by atoms with E-state index in [1.165, 1.54) is 12.1 Å². The first-order chi connectivity index (χ1) is 9.62. The van der Waals surface area contributed by atoms with Crippen LogP contribution in [0.25, 0.3) is 0 Å². The molecule has 0 fully saturated rings. The zero-order valence-electron chi connectivity index (χ0n) is 12.1. The van der Waals surface area contributed by atoms with Crippen molar-refractivity contribution >= 4 is 29.3 Å². The Balaban J connectivity index is 2.85. The van der Waals surface area contributed by atoms with Crippen LogP contribution < -0.4 is 5.32 Å². The van der Waals surface area contributed by atoms with Crippen LogP contribution in [-0.2, 0) is 9.59 Å². The van der Waals surface area contributed by atoms with E-state index in [1.807, 2.05) is 0 Å². The first-order valence-electron chi connectivity index (χ1n) is 6.44. The number of ketones is 1. The van der Waals surface area contributed by atoms with Crippen molar-refractivity contribution < 1.29 is 19.5 Å². The van der Waals surface area contributed by atoms with Crippen LogP contribution >= 0.6 is 11.6 Å². The fraction of sp³-hybridized carbons (Fsp3) is 0.400. The van der Waals surface area contributed by atoms with Crippen LogP contribution in [0, 0.1) is 5.41 Å². The van der Waals surface area contributed by atoms with Crippen molar-refractivity contribution in [1.82, 2.24) is 5.32 Å². The van der Waals surface area contributed by atoms with Gasteiger partial charge in [-0.1, -0.05) is 44.5 Å². The van der Waals surface area contributed by atoms with E-state index in [4.69, 9.17) is 16.7 Å². The minimum Gasteiger partial charge on any atom is -0.480 e. The SMILES string of the molecule is CC(C)(C)C(=O)CC(NC(=O)c1ccccc1Cl)C(=O)O. The highest BCUT2D eigenvalue weighted by Crippen LogP contribution is 2.19. The summed E-state index contributed by atoms with van der Waals surface area (Å²) in [6, 6.07) is 5.03. The molecule has 114 valence electrons. The quantitative estimate of drug-likeness (QED) is 0.875. The lowest BCUT2D eigenvalue weighted by Crippen LogP contribution is -2.43. The van der Waals surface area contributed by atoms with Crippen molar-refractivity contribution in [2.24, 2.45) is 5.41 Å². The topological polar surface area (TPSA) is 83.5 Å². The Labute approximate surface area is 128 Å². The van der Waals surface area contributed by atoms with Gasteiger partial charge in [-0.2, -0.15) is 0 Å². The Morgan fingerprint density at radius 3 is 2.29 bits per heavy atom. The summed E-state index contributed by atoms with van der Waals surface area (Å²) in [6.45, 7) is 5.10. The van der Waals surface area contributed by atoms with Crippen molar-refractivity contribution in [3.05, 3.63) is 34.9 Å². The molecule has 2 N–H and O–H groups in total. The molecule has 21 heavy (non-hydrogen) atoms. The van der Waals surface area contributed by atoms with Crippen molar-refractivity contribution in [3.63, 3.8) is 0 Å². The number of benzene rings is 1. The first kappa shape index (κ1) is 17.2. The van der Waals surface area contributed by atoms with Gasteiger partial charge in [0.05, 0.1) is 10.6 Å². The molecular weight excluding hydrogens is 294 g/mol. The van der Waals surface area contributed by atoms with Gasteiger partial charge < -0.3 is 10.4 Å². The second kappa shape index (κ2) is 6.72. The van der Waals surface area contributed by atoms with Gasteiger partial charge in [0.1, 0.15) is 11.8 Å². The number of carbonyl (C=O) groups is 3. The van der Waals surface area contributed by atoms with Gasteiger partial charge in [-0.25, -0.2) is 4.79 Å². The summed E-state index contributed by atoms with van der Waals surface area (Å²) in [6.07, 6.45) is -0.269. The highest BCUT2D eigenvalue weighted by molar-refractivity contribution is 6.33. The van der Waals surface area contributed by atoms with Crippen LogP contribution in [0.4, 0.5) is 0 Å². The summed E-state index contributed by atoms with van der Waals surface area (Å²) in [5.41, 5.74) is -0.489. The van der Waals surface area contributed by atoms with E-state index >= 15 is 0 Å². The maximum Gasteiger partial charge on any atom is 0.326 e. The van der Waals surface area contributed by atoms with Gasteiger partial charge in [-0.05, 0) is 12.1 Å². The van der Waals surface area contributed by atoms with E-state index in [1.54, 1.807) is 32.9 Å². The summed E-state index contributed by atoms with van der Waals surface area (Å²) in [4.78, 5) is 35.2. The lowest BCUT2D eigenvalue weighted by molar-refractivity contribution is -0.142. The third-order valence-electron chi connectivity index (χ3n) is 2.95. The zero-order chi connectivity index (χ0) is 16.2. The van der Waals surface area contributed by atoms with E-state index in [9.17, 15) is 14.4 Å². The molecule has 1 rings (SSSR count). The van der Waals surface area contributed by atoms with Gasteiger partial charge in [0.25, 0.3) is 5.91 Å². The molecule has 1 aromatic carbocycles. The first-order valence-corrected chi connectivity index (χ1v) is 6.82. The number of hydrogen-bond donors (Lipinski definition) is 2. The van der Waals surface area contributed by atoms with Crippen molar-refractivity contribution in [1.29, 1.82) is 0 Å². The Morgan fingerprint density at radius 2 is 1.81 bits per heavy atom. The smallest absolute Gasteiger partial charge is 0.326 e. The number of carboxylic acid groups (broad SMARTS) is 1. The lowest BCUT2D eigenvalue weighted by atomic mass is 9.87. The second-order valence-electron chi connectivity index (χ2n) is 5.72. The molecule has 1 amide bonds. The maximum atomic E-state index is 12.0. The second-order valence-corrected chi connectivity index (χ2v) is 6.13. The van der Waals surface area contributed by atoms with Crippen LogP contribution in [0.2, 0.25) is 5.02 Å². The van der Waals surface area contributed by atoms with E-state index in [0.29, 0.717) is 0 Å². The van der Waals surface area contributed by atoms with E-state index in [2.05, 4.69) is 5.32 Å². The molecule has 0 saturated carbocycles. The summed E-state index contributed by atoms with van der Waals surface area (Å²) in [5.74, 6) is -2.11. The van der Waals surface area contributed by atoms with E-state index in [0.717, 1.165) is 0 Å². The van der Waals surface area contributed by atoms with Gasteiger partial charge in [0, 0.05) is 11.8 Å². The number of halogens is 1. The number of carbonyl (C=O) groups excluding carboxylic acids is 2. The minimum atomic E-state index is -1.28. The number of nitrogens with one attached hydrogen (secondary N) is 1. The predicted octanol–water partition coefficient (Wildman–Crippen LogP) is 2.53. The van der Waals surface area contributed by atoms with Gasteiger partial charge in [0.2, 0.25) is 0 Å². The van der Waals surface area contributed by atoms with Crippen LogP contribution in [0.15, 0.2) is 24.3 Å². The maximum absolute atomic E-state index is 12.0. The highest BCUT2D eigenvalue weighted by Gasteiger charge is 2.29. The largest absolute Gasteiger partial charge is 0.480 e. The molecule has 5 nitrogen and oxygen atoms in total. The molecule has 6 heteroatoms. The predicted molar refractivity (Wildman–Crippen MR) is 79.4 cm³/mol. The Kier molecular flexibility index (Phi) is 5.49. The fourth-order valence-corrected chi connectivity index (χ4v) is 1.79. The van der Waals surface area contributed by atoms with E-state index in [-0.39, 0.29) is 22.8 Å². The average molecular weight is 312 g/mol. The summed E-state index contributed by atoms with van der Waals surface area (Å²) >= 11 is 5.89. The number of Topliss-reactive ketones (excluding diaryl/α,β-unsaturated/α-hetero) is 1. The normalized spacial score (nSPS) is 12.6. The van der Waals surface area contributed by atoms with Crippen LogP contribution in [0.5, 0.6) is 0 Å². The third-order valence-corrected chi connectivity index (χ3v) is 3.28. The molecule has 0 heterocycles. The molecule has 0 aliphatic carbocycles. The van der Waals surface area contributed by atoms with Crippen LogP contribution in [0.1, 0.15) is 37.6 Å². The van der Waals surface area contributed by atoms with Crippen LogP contribution in [0.3, 0.4) is 0 Å². The molecule has 0 aliphatic heterocycles. The monoisotopic (exact) mass is 311 g/mol. The van der Waals surface area contributed by atoms with Crippen LogP contribution in [-0.4, -0.2) is 28.8 Å². The molecule has 0 aromatic heterocycles. The van der Waals surface area contributed by atoms with E-state index < -0.39 is 23.3 Å². The summed E-state index contributed by atoms with van der Waals surface area (Å²) in [7, 11) is 0. The number of carboxylic acids is 1. The Bertz CT molecular complexity index is 563. The standard InChI is InChI=1S/C15H18ClNO4/c1-15(2,3)12(18)8-11(14(20)21)17-13(19)9-6-4-5-7-10(9)16/h4-7,11H,8H2,1-3H3,(H,17,19)(H,20,21). The van der Waals surface area contributed by atoms with Crippen molar-refractivity contribution in [2.75, 3.05) is 0 Å². The molecule has 0 bridgehead atoms. The number of rotatable bonds is 5. The Morgan fingerprint density at radius 1 is 1.24 bits per heavy atom. The average Bonchev–Trinajstić information content (AvgIpc) is 2.36. The number of amides is 1. The molecule has 0 aliphatic rings. The molecular formula is C15H18ClNO4. The number of hydrogen-bond acceptors (Lipinski definition) is 3. The fourth-order valence-electron chi connectivity index (χ4n) is 1.57. The molecule has 1 aromatic rings. The molecule has 1 atom stereocenters. The number of aliphatic carboxylic acids is 1. The molecule has 0 radical (unpaired) electrons.